The third kappa shape index (κ3) is 98.2. The number of hydrogen-bond donors (Lipinski definition) is 5. The van der Waals surface area contributed by atoms with Gasteiger partial charge >= 0.3 is 0 Å². The molecule has 5 N–H and O–H groups in total. The summed E-state index contributed by atoms with van der Waals surface area (Å²) < 4.78 is 23.6. The van der Waals surface area contributed by atoms with E-state index in [0.717, 1.165) is 11.0 Å². The second-order valence-electron chi connectivity index (χ2n) is 16.6. The van der Waals surface area contributed by atoms with Crippen molar-refractivity contribution in [2.24, 2.45) is 0 Å². The number of furan rings is 2. The van der Waals surface area contributed by atoms with E-state index < -0.39 is 0 Å². The number of aromatic nitrogens is 24. The summed E-state index contributed by atoms with van der Waals surface area (Å²) in [7, 11) is 0. The zero-order valence-corrected chi connectivity index (χ0v) is 58.2. The van der Waals surface area contributed by atoms with Crippen LogP contribution in [0.25, 0.3) is 21.1 Å². The van der Waals surface area contributed by atoms with E-state index >= 15 is 0 Å². The summed E-state index contributed by atoms with van der Waals surface area (Å²) >= 11 is 6.57. The van der Waals surface area contributed by atoms with Crippen LogP contribution in [-0.4, -0.2) is 120 Å². The van der Waals surface area contributed by atoms with E-state index in [-0.39, 0.29) is 119 Å². The van der Waals surface area contributed by atoms with Gasteiger partial charge in [0, 0.05) is 132 Å². The minimum Gasteiger partial charge on any atom is -0.473 e. The Bertz CT molecular complexity index is 3280. The molecule has 0 bridgehead atoms. The number of hydrogen-bond acceptors (Lipinski definition) is 27. The SMILES string of the molecule is C.C.C.C.C.C.C.C.C.C.C.C.C.C.C.C.c1c[nH]cn1.c1cc[nH]c1.c1ccc2occc2c1.c1ccc2sccc2c1.c1ccncc1.c1ccncc1.c1ccoc1.c1ccsc1.c1cn[nH]c1.c1cn[nH]n1.c1cnccn1.c1cncnc1.c1cnoc1.c1cnsc1.c1cocn1.c1cscn1.c1nc[nH]n1.c1ncncn1. The van der Waals surface area contributed by atoms with Crippen molar-refractivity contribution in [2.45, 2.75) is 119 Å². The second kappa shape index (κ2) is 117. The zero-order chi connectivity index (χ0) is 72.3. The molecule has 0 aliphatic heterocycles. The first-order valence-corrected chi connectivity index (χ1v) is 33.3. The third-order valence-electron chi connectivity index (χ3n) is 9.42. The number of thiazole rings is 1. The highest BCUT2D eigenvalue weighted by molar-refractivity contribution is 7.17. The maximum Gasteiger partial charge on any atom is 0.180 e. The van der Waals surface area contributed by atoms with E-state index in [1.807, 2.05) is 149 Å². The lowest BCUT2D eigenvalue weighted by atomic mass is 10.3. The van der Waals surface area contributed by atoms with Gasteiger partial charge in [-0.25, -0.2) is 44.2 Å². The van der Waals surface area contributed by atoms with Gasteiger partial charge in [0.05, 0.1) is 55.4 Å². The molecule has 20 aromatic rings. The van der Waals surface area contributed by atoms with E-state index in [0.29, 0.717) is 0 Å². The molecule has 0 unspecified atom stereocenters. The van der Waals surface area contributed by atoms with Gasteiger partial charge in [-0.3, -0.25) is 35.1 Å². The Kier molecular flexibility index (Phi) is 135. The molecule has 0 spiro atoms. The standard InChI is InChI=1S/C8H6O.C8H6S.2C5H5N.2C4H4N2.C4H5N.C4H4O.C4H4S.C3H3N3.2C3H4N2.2C3H3NO.2C3H3NS.2C2H3N3.16CH4/c2*1-2-4-8-7(3-1)5-6-9-8;2*1-2-4-6-5-3-1;1-2-6-4-3-5-1;1-2-5-4-6-3-1;3*1-2-4-5-3-1;1-4-2-6-3-5-1;1-2-5-3-4-1;1-2-4-5-3-1;1-2-5-3-4-1;1-2-4-5-3-1;1-2-5-3-4-1;1-2-4-5-3-1;1-3-2-5-4-1;1-2-4-5-3-1;;;;;;;;;;;;;;;;/h2*1-6H;2*1-5H;2*1-4H;1-5H;2*1-4H;1-3H;2*1-3H,(H,4,5);4*1-3H;2*1-2H,(H,3,4,5);16*1H4. The molecular formula is C87H136N24O4S4. The second-order valence-corrected chi connectivity index (χ2v) is 19.8. The maximum atomic E-state index is 5.12. The average molecular weight is 1710 g/mol. The fourth-order valence-corrected chi connectivity index (χ4v) is 7.29. The van der Waals surface area contributed by atoms with Crippen molar-refractivity contribution in [2.75, 3.05) is 0 Å². The van der Waals surface area contributed by atoms with Gasteiger partial charge in [0.1, 0.15) is 56.1 Å². The fourth-order valence-electron chi connectivity index (χ4n) is 5.35. The quantitative estimate of drug-likeness (QED) is 0.0941. The molecule has 18 heterocycles. The van der Waals surface area contributed by atoms with Crippen LogP contribution in [-0.2, 0) is 0 Å². The summed E-state index contributed by atoms with van der Waals surface area (Å²) in [6, 6.07) is 50.7. The number of thiophene rings is 2. The van der Waals surface area contributed by atoms with Gasteiger partial charge in [-0.1, -0.05) is 185 Å². The van der Waals surface area contributed by atoms with Gasteiger partial charge in [0.2, 0.25) is 0 Å². The largest absolute Gasteiger partial charge is 0.473 e. The summed E-state index contributed by atoms with van der Waals surface area (Å²) in [4.78, 5) is 53.2. The number of rotatable bonds is 0. The molecule has 0 amide bonds. The molecule has 0 atom stereocenters. The van der Waals surface area contributed by atoms with Crippen LogP contribution in [0.2, 0.25) is 0 Å². The molecule has 0 saturated heterocycles. The van der Waals surface area contributed by atoms with Gasteiger partial charge in [-0.05, 0) is 130 Å². The van der Waals surface area contributed by atoms with Crippen molar-refractivity contribution in [3.63, 3.8) is 0 Å². The van der Waals surface area contributed by atoms with Crippen molar-refractivity contribution >= 4 is 66.6 Å². The van der Waals surface area contributed by atoms with Gasteiger partial charge in [0.15, 0.2) is 6.39 Å². The highest BCUT2D eigenvalue weighted by Gasteiger charge is 1.90. The van der Waals surface area contributed by atoms with Crippen LogP contribution in [0.5, 0.6) is 0 Å². The number of aromatic amines is 5. The first kappa shape index (κ1) is 137. The van der Waals surface area contributed by atoms with E-state index in [4.69, 9.17) is 4.42 Å². The first-order chi connectivity index (χ1) is 51.4. The number of fused-ring (bicyclic) bond motifs is 2. The third-order valence-corrected chi connectivity index (χ3v) is 12.0. The molecule has 2 aromatic carbocycles. The molecule has 0 aliphatic rings. The molecule has 18 aromatic heterocycles. The van der Waals surface area contributed by atoms with Gasteiger partial charge in [-0.2, -0.15) is 36.9 Å². The predicted molar refractivity (Wildman–Crippen MR) is 509 cm³/mol. The van der Waals surface area contributed by atoms with E-state index in [2.05, 4.69) is 169 Å². The van der Waals surface area contributed by atoms with E-state index in [9.17, 15) is 0 Å². The molecule has 0 aliphatic carbocycles. The fraction of sp³-hybridized carbons (Fsp3) is 0.184. The molecule has 652 valence electrons. The van der Waals surface area contributed by atoms with Crippen LogP contribution in [0.4, 0.5) is 0 Å². The predicted octanol–water partition coefficient (Wildman–Crippen LogP) is 26.6. The van der Waals surface area contributed by atoms with Crippen LogP contribution in [0.1, 0.15) is 119 Å². The number of imidazole rings is 1. The van der Waals surface area contributed by atoms with Crippen LogP contribution in [0, 0.1) is 0 Å². The monoisotopic (exact) mass is 1710 g/mol. The van der Waals surface area contributed by atoms with Crippen molar-refractivity contribution in [3.8, 4) is 0 Å². The summed E-state index contributed by atoms with van der Waals surface area (Å²) in [5, 5.41) is 37.4. The Morgan fingerprint density at radius 2 is 0.866 bits per heavy atom. The van der Waals surface area contributed by atoms with Crippen molar-refractivity contribution < 1.29 is 17.8 Å². The zero-order valence-electron chi connectivity index (χ0n) is 54.9. The number of oxazole rings is 1. The Morgan fingerprint density at radius 3 is 1.12 bits per heavy atom. The number of H-pyrrole nitrogens is 5. The normalized spacial score (nSPS) is 7.26. The van der Waals surface area contributed by atoms with Crippen LogP contribution >= 0.6 is 45.5 Å². The highest BCUT2D eigenvalue weighted by Crippen LogP contribution is 2.19. The summed E-state index contributed by atoms with van der Waals surface area (Å²) in [6.45, 7) is 0. The molecular weight excluding hydrogens is 1570 g/mol. The van der Waals surface area contributed by atoms with Gasteiger partial charge in [-0.15, -0.1) is 22.7 Å². The number of para-hydroxylation sites is 1. The number of nitrogens with one attached hydrogen (secondary N) is 5. The Hall–Kier alpha value is -14.0. The maximum absolute atomic E-state index is 5.12. The number of pyridine rings is 2. The van der Waals surface area contributed by atoms with E-state index in [1.54, 1.807) is 201 Å². The molecule has 0 radical (unpaired) electrons. The summed E-state index contributed by atoms with van der Waals surface area (Å²) in [6.07, 6.45) is 57.2. The molecule has 0 fully saturated rings. The van der Waals surface area contributed by atoms with Crippen molar-refractivity contribution in [1.82, 2.24) is 120 Å². The number of nitrogens with zero attached hydrogens (tertiary/aromatic N) is 19. The summed E-state index contributed by atoms with van der Waals surface area (Å²) in [5.41, 5.74) is 2.75. The lowest BCUT2D eigenvalue weighted by Crippen LogP contribution is -1.73. The van der Waals surface area contributed by atoms with Gasteiger partial charge in [0.25, 0.3) is 0 Å². The lowest BCUT2D eigenvalue weighted by molar-refractivity contribution is 0.420. The van der Waals surface area contributed by atoms with Crippen LogP contribution in [0.3, 0.4) is 0 Å². The van der Waals surface area contributed by atoms with Crippen molar-refractivity contribution in [1.29, 1.82) is 0 Å². The van der Waals surface area contributed by atoms with Crippen LogP contribution in [0.15, 0.2) is 426 Å². The molecule has 32 heteroatoms. The molecule has 28 nitrogen and oxygen atoms in total. The smallest absolute Gasteiger partial charge is 0.180 e. The van der Waals surface area contributed by atoms with E-state index in [1.165, 1.54) is 78.5 Å². The first-order valence-electron chi connectivity index (χ1n) is 29.7. The minimum absolute atomic E-state index is 0. The Balaban J connectivity index is -0.0000000814. The Morgan fingerprint density at radius 1 is 0.277 bits per heavy atom. The van der Waals surface area contributed by atoms with Gasteiger partial charge < -0.3 is 27.7 Å². The van der Waals surface area contributed by atoms with Crippen molar-refractivity contribution in [3.05, 3.63) is 408 Å². The highest BCUT2D eigenvalue weighted by atomic mass is 32.1. The molecule has 0 saturated carbocycles. The van der Waals surface area contributed by atoms with Crippen LogP contribution < -0.4 is 0 Å². The summed E-state index contributed by atoms with van der Waals surface area (Å²) in [5.74, 6) is 0. The topological polar surface area (TPSA) is 376 Å². The molecule has 20 rings (SSSR count). The number of benzene rings is 2. The lowest BCUT2D eigenvalue weighted by Gasteiger charge is -1.82. The minimum atomic E-state index is 0. The molecule has 119 heavy (non-hydrogen) atoms. The average Bonchev–Trinajstić information content (AvgIpc) is 1.76. The Labute approximate surface area is 727 Å².